The first-order chi connectivity index (χ1) is 10.1. The van der Waals surface area contributed by atoms with Crippen molar-refractivity contribution in [3.05, 3.63) is 29.6 Å². The van der Waals surface area contributed by atoms with Crippen LogP contribution in [0.2, 0.25) is 0 Å². The first-order valence-corrected chi connectivity index (χ1v) is 7.17. The van der Waals surface area contributed by atoms with Crippen LogP contribution < -0.4 is 11.1 Å². The van der Waals surface area contributed by atoms with E-state index in [1.165, 1.54) is 0 Å². The third-order valence-corrected chi connectivity index (χ3v) is 3.69. The van der Waals surface area contributed by atoms with E-state index in [-0.39, 0.29) is 24.3 Å². The predicted octanol–water partition coefficient (Wildman–Crippen LogP) is 0.790. The van der Waals surface area contributed by atoms with E-state index in [4.69, 9.17) is 10.5 Å². The lowest BCUT2D eigenvalue weighted by atomic mass is 9.89. The van der Waals surface area contributed by atoms with Crippen molar-refractivity contribution in [1.29, 1.82) is 0 Å². The quantitative estimate of drug-likeness (QED) is 0.838. The number of aromatic nitrogens is 1. The normalized spacial score (nSPS) is 17.2. The van der Waals surface area contributed by atoms with Gasteiger partial charge in [0.25, 0.3) is 5.91 Å². The fraction of sp³-hybridized carbons (Fsp3) is 0.533. The molecule has 6 heteroatoms. The number of aryl methyl sites for hydroxylation is 1. The van der Waals surface area contributed by atoms with E-state index in [1.807, 2.05) is 13.0 Å². The highest BCUT2D eigenvalue weighted by Crippen LogP contribution is 2.21. The number of carbonyl (C=O) groups is 2. The number of hydrogen-bond donors (Lipinski definition) is 2. The summed E-state index contributed by atoms with van der Waals surface area (Å²) in [5, 5.41) is 2.90. The van der Waals surface area contributed by atoms with Crippen LogP contribution in [0.25, 0.3) is 0 Å². The average Bonchev–Trinajstić information content (AvgIpc) is 2.47. The lowest BCUT2D eigenvalue weighted by Crippen LogP contribution is -2.44. The third-order valence-electron chi connectivity index (χ3n) is 3.69. The minimum absolute atomic E-state index is 0.141. The summed E-state index contributed by atoms with van der Waals surface area (Å²) in [6.45, 7) is 3.13. The number of nitrogens with two attached hydrogens (primary N) is 1. The molecule has 1 aliphatic rings. The topological polar surface area (TPSA) is 94.3 Å². The molecule has 0 saturated carbocycles. The summed E-state index contributed by atoms with van der Waals surface area (Å²) in [6.07, 6.45) is 1.78. The molecule has 0 spiro atoms. The Morgan fingerprint density at radius 3 is 2.76 bits per heavy atom. The number of primary amides is 1. The highest BCUT2D eigenvalue weighted by atomic mass is 16.5. The van der Waals surface area contributed by atoms with Gasteiger partial charge in [0, 0.05) is 31.4 Å². The molecular weight excluding hydrogens is 270 g/mol. The molecule has 0 aliphatic carbocycles. The summed E-state index contributed by atoms with van der Waals surface area (Å²) in [7, 11) is 0. The number of ether oxygens (including phenoxy) is 1. The smallest absolute Gasteiger partial charge is 0.270 e. The van der Waals surface area contributed by atoms with Crippen molar-refractivity contribution in [2.45, 2.75) is 32.2 Å². The van der Waals surface area contributed by atoms with Crippen LogP contribution in [0.1, 0.15) is 35.4 Å². The summed E-state index contributed by atoms with van der Waals surface area (Å²) in [5.41, 5.74) is 6.44. The Morgan fingerprint density at radius 2 is 2.14 bits per heavy atom. The number of carbonyl (C=O) groups excluding carboxylic acids is 2. The minimum atomic E-state index is -0.413. The van der Waals surface area contributed by atoms with Gasteiger partial charge in [-0.05, 0) is 37.8 Å². The largest absolute Gasteiger partial charge is 0.381 e. The van der Waals surface area contributed by atoms with Crippen LogP contribution in [-0.2, 0) is 9.53 Å². The van der Waals surface area contributed by atoms with Crippen molar-refractivity contribution in [2.75, 3.05) is 13.2 Å². The van der Waals surface area contributed by atoms with Crippen LogP contribution in [-0.4, -0.2) is 36.1 Å². The lowest BCUT2D eigenvalue weighted by Gasteiger charge is -2.30. The van der Waals surface area contributed by atoms with Gasteiger partial charge in [0.2, 0.25) is 5.91 Å². The summed E-state index contributed by atoms with van der Waals surface area (Å²) in [4.78, 5) is 27.7. The Morgan fingerprint density at radius 1 is 1.43 bits per heavy atom. The number of amides is 2. The van der Waals surface area contributed by atoms with Crippen molar-refractivity contribution in [3.8, 4) is 0 Å². The molecule has 1 fully saturated rings. The molecule has 1 atom stereocenters. The molecule has 1 unspecified atom stereocenters. The molecule has 1 aliphatic heterocycles. The molecule has 0 aromatic carbocycles. The summed E-state index contributed by atoms with van der Waals surface area (Å²) in [5.74, 6) is -0.472. The lowest BCUT2D eigenvalue weighted by molar-refractivity contribution is -0.118. The van der Waals surface area contributed by atoms with Gasteiger partial charge in [-0.3, -0.25) is 9.59 Å². The molecule has 2 amide bonds. The van der Waals surface area contributed by atoms with Gasteiger partial charge >= 0.3 is 0 Å². The Hall–Kier alpha value is -1.95. The van der Waals surface area contributed by atoms with E-state index in [0.29, 0.717) is 18.9 Å². The second kappa shape index (κ2) is 7.17. The Balaban J connectivity index is 2.06. The van der Waals surface area contributed by atoms with E-state index in [0.717, 1.165) is 18.5 Å². The molecule has 1 aromatic heterocycles. The van der Waals surface area contributed by atoms with Gasteiger partial charge in [0.05, 0.1) is 0 Å². The minimum Gasteiger partial charge on any atom is -0.381 e. The maximum absolute atomic E-state index is 12.3. The second-order valence-corrected chi connectivity index (χ2v) is 5.36. The number of nitrogens with one attached hydrogen (secondary N) is 1. The molecule has 21 heavy (non-hydrogen) atoms. The molecule has 2 heterocycles. The zero-order valence-corrected chi connectivity index (χ0v) is 12.2. The zero-order valence-electron chi connectivity index (χ0n) is 12.2. The molecule has 1 aromatic rings. The van der Waals surface area contributed by atoms with Gasteiger partial charge in [-0.25, -0.2) is 4.98 Å². The van der Waals surface area contributed by atoms with Crippen molar-refractivity contribution in [1.82, 2.24) is 10.3 Å². The molecule has 1 saturated heterocycles. The van der Waals surface area contributed by atoms with Crippen molar-refractivity contribution in [3.63, 3.8) is 0 Å². The maximum Gasteiger partial charge on any atom is 0.270 e. The fourth-order valence-electron chi connectivity index (χ4n) is 2.58. The Bertz CT molecular complexity index is 513. The molecule has 6 nitrogen and oxygen atoms in total. The molecule has 114 valence electrons. The number of nitrogens with zero attached hydrogens (tertiary/aromatic N) is 1. The van der Waals surface area contributed by atoms with Gasteiger partial charge in [0.1, 0.15) is 5.69 Å². The van der Waals surface area contributed by atoms with Gasteiger partial charge in [-0.2, -0.15) is 0 Å². The van der Waals surface area contributed by atoms with Crippen LogP contribution in [0.3, 0.4) is 0 Å². The monoisotopic (exact) mass is 291 g/mol. The summed E-state index contributed by atoms with van der Waals surface area (Å²) < 4.78 is 5.32. The average molecular weight is 291 g/mol. The highest BCUT2D eigenvalue weighted by Gasteiger charge is 2.27. The van der Waals surface area contributed by atoms with Crippen molar-refractivity contribution >= 4 is 11.8 Å². The number of hydrogen-bond acceptors (Lipinski definition) is 4. The first-order valence-electron chi connectivity index (χ1n) is 7.17. The van der Waals surface area contributed by atoms with Crippen LogP contribution >= 0.6 is 0 Å². The molecular formula is C15H21N3O3. The predicted molar refractivity (Wildman–Crippen MR) is 77.6 cm³/mol. The molecule has 3 N–H and O–H groups in total. The zero-order chi connectivity index (χ0) is 15.2. The summed E-state index contributed by atoms with van der Waals surface area (Å²) >= 11 is 0. The third kappa shape index (κ3) is 4.53. The SMILES string of the molecule is Cc1cccc(C(=O)NC(CC(N)=O)C2CCOCC2)n1. The van der Waals surface area contributed by atoms with Crippen molar-refractivity contribution < 1.29 is 14.3 Å². The van der Waals surface area contributed by atoms with Gasteiger partial charge in [-0.1, -0.05) is 6.07 Å². The van der Waals surface area contributed by atoms with Crippen LogP contribution in [0.5, 0.6) is 0 Å². The highest BCUT2D eigenvalue weighted by molar-refractivity contribution is 5.92. The molecule has 0 radical (unpaired) electrons. The number of pyridine rings is 1. The van der Waals surface area contributed by atoms with E-state index in [9.17, 15) is 9.59 Å². The van der Waals surface area contributed by atoms with Crippen LogP contribution in [0.15, 0.2) is 18.2 Å². The van der Waals surface area contributed by atoms with Crippen molar-refractivity contribution in [2.24, 2.45) is 11.7 Å². The van der Waals surface area contributed by atoms with Gasteiger partial charge < -0.3 is 15.8 Å². The Labute approximate surface area is 124 Å². The molecule has 2 rings (SSSR count). The summed E-state index contributed by atoms with van der Waals surface area (Å²) in [6, 6.07) is 5.01. The maximum atomic E-state index is 12.3. The number of rotatable bonds is 5. The van der Waals surface area contributed by atoms with Crippen LogP contribution in [0, 0.1) is 12.8 Å². The standard InChI is InChI=1S/C15H21N3O3/c1-10-3-2-4-12(17-10)15(20)18-13(9-14(16)19)11-5-7-21-8-6-11/h2-4,11,13H,5-9H2,1H3,(H2,16,19)(H,18,20). The van der Waals surface area contributed by atoms with Gasteiger partial charge in [0.15, 0.2) is 0 Å². The van der Waals surface area contributed by atoms with Gasteiger partial charge in [-0.15, -0.1) is 0 Å². The first kappa shape index (κ1) is 15.4. The van der Waals surface area contributed by atoms with E-state index < -0.39 is 5.91 Å². The Kier molecular flexibility index (Phi) is 5.27. The van der Waals surface area contributed by atoms with E-state index in [1.54, 1.807) is 12.1 Å². The van der Waals surface area contributed by atoms with E-state index in [2.05, 4.69) is 10.3 Å². The van der Waals surface area contributed by atoms with E-state index >= 15 is 0 Å². The second-order valence-electron chi connectivity index (χ2n) is 5.36. The molecule has 0 bridgehead atoms. The van der Waals surface area contributed by atoms with Crippen LogP contribution in [0.4, 0.5) is 0 Å². The fourth-order valence-corrected chi connectivity index (χ4v) is 2.58.